The smallest absolute Gasteiger partial charge is 0.347 e. The Morgan fingerprint density at radius 3 is 2.50 bits per heavy atom. The Labute approximate surface area is 160 Å². The lowest BCUT2D eigenvalue weighted by Crippen LogP contribution is -2.44. The summed E-state index contributed by atoms with van der Waals surface area (Å²) in [5.74, 6) is 0.665. The van der Waals surface area contributed by atoms with Crippen LogP contribution >= 0.6 is 0 Å². The van der Waals surface area contributed by atoms with Gasteiger partial charge in [-0.2, -0.15) is 21.6 Å². The molecule has 1 aromatic carbocycles. The summed E-state index contributed by atoms with van der Waals surface area (Å²) in [6.07, 6.45) is -1.73. The Morgan fingerprint density at radius 1 is 1.14 bits per heavy atom. The molecule has 10 heteroatoms. The first-order valence-electron chi connectivity index (χ1n) is 8.66. The number of aromatic nitrogens is 1. The normalized spacial score (nSPS) is 22.1. The molecular formula is C18H18F3N3O3S. The molecule has 2 atom stereocenters. The molecule has 3 heterocycles. The second-order valence-electron chi connectivity index (χ2n) is 6.97. The van der Waals surface area contributed by atoms with E-state index in [-0.39, 0.29) is 6.04 Å². The van der Waals surface area contributed by atoms with Gasteiger partial charge >= 0.3 is 6.18 Å². The summed E-state index contributed by atoms with van der Waals surface area (Å²) in [6.45, 7) is 0.885. The molecule has 150 valence electrons. The highest BCUT2D eigenvalue weighted by Gasteiger charge is 2.41. The second kappa shape index (κ2) is 6.63. The van der Waals surface area contributed by atoms with Crippen LogP contribution in [-0.4, -0.2) is 44.9 Å². The number of hydrogen-bond donors (Lipinski definition) is 0. The van der Waals surface area contributed by atoms with E-state index in [2.05, 4.69) is 4.98 Å². The van der Waals surface area contributed by atoms with Gasteiger partial charge in [0.1, 0.15) is 0 Å². The molecule has 6 nitrogen and oxygen atoms in total. The van der Waals surface area contributed by atoms with Crippen LogP contribution in [0, 0.1) is 0 Å². The largest absolute Gasteiger partial charge is 0.416 e. The summed E-state index contributed by atoms with van der Waals surface area (Å²) in [5.41, 5.74) is 0.677. The summed E-state index contributed by atoms with van der Waals surface area (Å²) in [5, 5.41) is 0. The van der Waals surface area contributed by atoms with Gasteiger partial charge in [-0.25, -0.2) is 4.98 Å². The van der Waals surface area contributed by atoms with Crippen LogP contribution in [0.1, 0.15) is 12.0 Å². The second-order valence-corrected chi connectivity index (χ2v) is 8.57. The van der Waals surface area contributed by atoms with Crippen LogP contribution in [0.25, 0.3) is 0 Å². The first-order valence-corrected chi connectivity index (χ1v) is 10.5. The Kier molecular flexibility index (Phi) is 4.50. The fourth-order valence-electron chi connectivity index (χ4n) is 3.83. The molecule has 2 aromatic rings. The predicted octanol–water partition coefficient (Wildman–Crippen LogP) is 3.18. The van der Waals surface area contributed by atoms with Gasteiger partial charge < -0.3 is 9.80 Å². The maximum Gasteiger partial charge on any atom is 0.416 e. The Balaban J connectivity index is 1.66. The standard InChI is InChI=1S/C18H18F3N3O3S/c1-28(25,26)27-15-9-14-10-23(13-6-4-12(5-7-13)18(19,20)21)16-3-2-8-22-17(16)24(14)11-15/h2-8,14-15H,9-11H2,1H3/t14-,15+/m1/s1. The minimum Gasteiger partial charge on any atom is -0.347 e. The average Bonchev–Trinajstić information content (AvgIpc) is 3.01. The molecule has 1 saturated heterocycles. The van der Waals surface area contributed by atoms with Crippen molar-refractivity contribution in [3.63, 3.8) is 0 Å². The third-order valence-corrected chi connectivity index (χ3v) is 5.54. The van der Waals surface area contributed by atoms with Crippen molar-refractivity contribution in [3.8, 4) is 0 Å². The molecule has 1 fully saturated rings. The van der Waals surface area contributed by atoms with Gasteiger partial charge in [-0.15, -0.1) is 0 Å². The summed E-state index contributed by atoms with van der Waals surface area (Å²) in [4.78, 5) is 8.34. The van der Waals surface area contributed by atoms with E-state index in [1.807, 2.05) is 15.9 Å². The van der Waals surface area contributed by atoms with Gasteiger partial charge in [0.15, 0.2) is 5.82 Å². The maximum absolute atomic E-state index is 12.9. The van der Waals surface area contributed by atoms with Crippen molar-refractivity contribution < 1.29 is 25.8 Å². The zero-order chi connectivity index (χ0) is 20.1. The molecule has 0 unspecified atom stereocenters. The molecule has 2 aliphatic rings. The molecule has 1 aromatic heterocycles. The highest BCUT2D eigenvalue weighted by Crippen LogP contribution is 2.42. The van der Waals surface area contributed by atoms with Crippen molar-refractivity contribution in [3.05, 3.63) is 48.2 Å². The number of pyridine rings is 1. The SMILES string of the molecule is CS(=O)(=O)O[C@H]1C[C@@H]2CN(c3ccc(C(F)(F)F)cc3)c3cccnc3N2C1. The fraction of sp³-hybridized carbons (Fsp3) is 0.389. The minimum atomic E-state index is -4.39. The zero-order valence-corrected chi connectivity index (χ0v) is 15.7. The first kappa shape index (κ1) is 19.0. The molecule has 0 amide bonds. The van der Waals surface area contributed by atoms with E-state index < -0.39 is 28.0 Å². The molecular weight excluding hydrogens is 395 g/mol. The number of hydrogen-bond acceptors (Lipinski definition) is 6. The number of anilines is 3. The fourth-order valence-corrected chi connectivity index (χ4v) is 4.46. The van der Waals surface area contributed by atoms with E-state index in [0.29, 0.717) is 31.0 Å². The van der Waals surface area contributed by atoms with E-state index in [4.69, 9.17) is 4.18 Å². The van der Waals surface area contributed by atoms with Gasteiger partial charge in [0.2, 0.25) is 0 Å². The number of fused-ring (bicyclic) bond motifs is 3. The van der Waals surface area contributed by atoms with Crippen molar-refractivity contribution in [1.29, 1.82) is 0 Å². The summed E-state index contributed by atoms with van der Waals surface area (Å²) >= 11 is 0. The number of rotatable bonds is 3. The summed E-state index contributed by atoms with van der Waals surface area (Å²) in [6, 6.07) is 8.54. The van der Waals surface area contributed by atoms with Crippen LogP contribution < -0.4 is 9.80 Å². The minimum absolute atomic E-state index is 0.0588. The van der Waals surface area contributed by atoms with Gasteiger partial charge in [-0.1, -0.05) is 0 Å². The van der Waals surface area contributed by atoms with Crippen molar-refractivity contribution in [1.82, 2.24) is 4.98 Å². The topological polar surface area (TPSA) is 62.7 Å². The van der Waals surface area contributed by atoms with E-state index in [9.17, 15) is 21.6 Å². The van der Waals surface area contributed by atoms with Crippen LogP contribution in [0.5, 0.6) is 0 Å². The van der Waals surface area contributed by atoms with Gasteiger partial charge in [0, 0.05) is 25.0 Å². The third-order valence-electron chi connectivity index (χ3n) is 4.92. The number of alkyl halides is 3. The van der Waals surface area contributed by atoms with Gasteiger partial charge in [0.05, 0.1) is 29.7 Å². The Morgan fingerprint density at radius 2 is 1.86 bits per heavy atom. The highest BCUT2D eigenvalue weighted by atomic mass is 32.2. The first-order chi connectivity index (χ1) is 13.1. The lowest BCUT2D eigenvalue weighted by Gasteiger charge is -2.40. The van der Waals surface area contributed by atoms with Gasteiger partial charge in [-0.3, -0.25) is 4.18 Å². The highest BCUT2D eigenvalue weighted by molar-refractivity contribution is 7.86. The van der Waals surface area contributed by atoms with Crippen LogP contribution in [0.15, 0.2) is 42.6 Å². The Bertz CT molecular complexity index is 980. The summed E-state index contributed by atoms with van der Waals surface area (Å²) < 4.78 is 66.7. The molecule has 4 rings (SSSR count). The molecule has 2 aliphatic heterocycles. The van der Waals surface area contributed by atoms with Crippen molar-refractivity contribution >= 4 is 27.3 Å². The maximum atomic E-state index is 12.9. The molecule has 0 radical (unpaired) electrons. The lowest BCUT2D eigenvalue weighted by atomic mass is 10.1. The van der Waals surface area contributed by atoms with Crippen LogP contribution in [0.2, 0.25) is 0 Å². The van der Waals surface area contributed by atoms with E-state index in [1.165, 1.54) is 12.1 Å². The van der Waals surface area contributed by atoms with Gasteiger partial charge in [0.25, 0.3) is 10.1 Å². The Hall–Kier alpha value is -2.33. The number of nitrogens with zero attached hydrogens (tertiary/aromatic N) is 3. The van der Waals surface area contributed by atoms with Crippen LogP contribution in [0.4, 0.5) is 30.4 Å². The third kappa shape index (κ3) is 3.66. The molecule has 0 bridgehead atoms. The summed E-state index contributed by atoms with van der Waals surface area (Å²) in [7, 11) is -3.58. The number of halogens is 3. The van der Waals surface area contributed by atoms with E-state index >= 15 is 0 Å². The monoisotopic (exact) mass is 413 g/mol. The van der Waals surface area contributed by atoms with E-state index in [0.717, 1.165) is 24.1 Å². The molecule has 28 heavy (non-hydrogen) atoms. The van der Waals surface area contributed by atoms with Crippen molar-refractivity contribution in [2.45, 2.75) is 24.7 Å². The molecule has 0 N–H and O–H groups in total. The van der Waals surface area contributed by atoms with Crippen LogP contribution in [0.3, 0.4) is 0 Å². The van der Waals surface area contributed by atoms with Crippen LogP contribution in [-0.2, 0) is 20.5 Å². The van der Waals surface area contributed by atoms with Crippen molar-refractivity contribution in [2.75, 3.05) is 29.1 Å². The lowest BCUT2D eigenvalue weighted by molar-refractivity contribution is -0.137. The zero-order valence-electron chi connectivity index (χ0n) is 14.9. The van der Waals surface area contributed by atoms with Crippen molar-refractivity contribution in [2.24, 2.45) is 0 Å². The molecule has 0 saturated carbocycles. The van der Waals surface area contributed by atoms with E-state index in [1.54, 1.807) is 12.3 Å². The molecule has 0 aliphatic carbocycles. The average molecular weight is 413 g/mol. The molecule has 0 spiro atoms. The van der Waals surface area contributed by atoms with Gasteiger partial charge in [-0.05, 0) is 42.8 Å². The quantitative estimate of drug-likeness (QED) is 0.721. The number of benzene rings is 1. The predicted molar refractivity (Wildman–Crippen MR) is 98.2 cm³/mol.